The Labute approximate surface area is 156 Å². The van der Waals surface area contributed by atoms with Gasteiger partial charge in [0.1, 0.15) is 12.4 Å². The van der Waals surface area contributed by atoms with E-state index in [0.29, 0.717) is 6.61 Å². The van der Waals surface area contributed by atoms with Gasteiger partial charge in [0.25, 0.3) is 0 Å². The molecule has 0 aliphatic heterocycles. The number of hydrogen-bond acceptors (Lipinski definition) is 6. The molecule has 1 N–H and O–H groups in total. The van der Waals surface area contributed by atoms with Gasteiger partial charge in [-0.3, -0.25) is 15.5 Å². The van der Waals surface area contributed by atoms with Crippen LogP contribution in [0, 0.1) is 17.0 Å². The zero-order chi connectivity index (χ0) is 19.1. The molecule has 2 aromatic carbocycles. The van der Waals surface area contributed by atoms with Gasteiger partial charge >= 0.3 is 5.69 Å². The molecule has 0 amide bonds. The van der Waals surface area contributed by atoms with Crippen LogP contribution >= 0.6 is 0 Å². The molecule has 0 aliphatic rings. The average Bonchev–Trinajstić information content (AvgIpc) is 2.68. The van der Waals surface area contributed by atoms with Crippen molar-refractivity contribution < 1.29 is 9.66 Å². The van der Waals surface area contributed by atoms with Gasteiger partial charge < -0.3 is 4.74 Å². The van der Waals surface area contributed by atoms with Crippen molar-refractivity contribution in [2.75, 3.05) is 5.43 Å². The monoisotopic (exact) mass is 362 g/mol. The molecule has 3 rings (SSSR count). The highest BCUT2D eigenvalue weighted by Gasteiger charge is 2.12. The summed E-state index contributed by atoms with van der Waals surface area (Å²) in [5.74, 6) is 0.846. The highest BCUT2D eigenvalue weighted by atomic mass is 16.6. The average molecular weight is 362 g/mol. The number of hydrogen-bond donors (Lipinski definition) is 1. The van der Waals surface area contributed by atoms with Gasteiger partial charge in [0.05, 0.1) is 11.1 Å². The van der Waals surface area contributed by atoms with E-state index in [1.54, 1.807) is 6.21 Å². The van der Waals surface area contributed by atoms with Crippen LogP contribution < -0.4 is 10.2 Å². The second kappa shape index (κ2) is 8.57. The highest BCUT2D eigenvalue weighted by molar-refractivity contribution is 5.80. The topological polar surface area (TPSA) is 89.7 Å². The summed E-state index contributed by atoms with van der Waals surface area (Å²) < 4.78 is 5.77. The smallest absolute Gasteiger partial charge is 0.313 e. The van der Waals surface area contributed by atoms with Crippen molar-refractivity contribution in [3.8, 4) is 5.75 Å². The van der Waals surface area contributed by atoms with Crippen LogP contribution in [0.2, 0.25) is 0 Å². The molecule has 0 fully saturated rings. The fourth-order valence-electron chi connectivity index (χ4n) is 2.42. The van der Waals surface area contributed by atoms with Crippen molar-refractivity contribution in [1.29, 1.82) is 0 Å². The Morgan fingerprint density at radius 3 is 2.74 bits per heavy atom. The van der Waals surface area contributed by atoms with Crippen LogP contribution in [0.25, 0.3) is 0 Å². The molecule has 3 aromatic rings. The Balaban J connectivity index is 1.57. The number of aromatic nitrogens is 1. The van der Waals surface area contributed by atoms with Crippen LogP contribution in [-0.2, 0) is 6.61 Å². The Bertz CT molecular complexity index is 955. The van der Waals surface area contributed by atoms with E-state index >= 15 is 0 Å². The van der Waals surface area contributed by atoms with Crippen molar-refractivity contribution in [1.82, 2.24) is 4.98 Å². The van der Waals surface area contributed by atoms with E-state index in [-0.39, 0.29) is 11.5 Å². The maximum Gasteiger partial charge on any atom is 0.313 e. The lowest BCUT2D eigenvalue weighted by Crippen LogP contribution is -1.99. The van der Waals surface area contributed by atoms with Gasteiger partial charge in [-0.15, -0.1) is 0 Å². The van der Waals surface area contributed by atoms with Crippen molar-refractivity contribution in [3.05, 3.63) is 93.7 Å². The molecule has 1 heterocycles. The van der Waals surface area contributed by atoms with Gasteiger partial charge in [0.15, 0.2) is 0 Å². The number of hydrazone groups is 1. The van der Waals surface area contributed by atoms with E-state index in [1.807, 2.05) is 49.4 Å². The fraction of sp³-hybridized carbons (Fsp3) is 0.100. The van der Waals surface area contributed by atoms with Crippen LogP contribution in [0.4, 0.5) is 11.5 Å². The summed E-state index contributed by atoms with van der Waals surface area (Å²) >= 11 is 0. The minimum Gasteiger partial charge on any atom is -0.489 e. The minimum atomic E-state index is -0.509. The van der Waals surface area contributed by atoms with Gasteiger partial charge in [-0.25, -0.2) is 4.98 Å². The number of pyridine rings is 1. The zero-order valence-corrected chi connectivity index (χ0v) is 14.7. The number of nitro groups is 1. The minimum absolute atomic E-state index is 0.0943. The lowest BCUT2D eigenvalue weighted by Gasteiger charge is -2.07. The maximum absolute atomic E-state index is 10.9. The summed E-state index contributed by atoms with van der Waals surface area (Å²) in [5, 5.41) is 14.9. The SMILES string of the molecule is Cc1cccc(COc2ccc(/C=N\Nc3ncccc3[N+](=O)[O-])cc2)c1. The molecular formula is C20H18N4O3. The van der Waals surface area contributed by atoms with E-state index in [1.165, 1.54) is 23.9 Å². The maximum atomic E-state index is 10.9. The van der Waals surface area contributed by atoms with Crippen LogP contribution in [0.15, 0.2) is 72.0 Å². The van der Waals surface area contributed by atoms with Crippen LogP contribution in [0.3, 0.4) is 0 Å². The number of anilines is 1. The fourth-order valence-corrected chi connectivity index (χ4v) is 2.42. The lowest BCUT2D eigenvalue weighted by molar-refractivity contribution is -0.384. The summed E-state index contributed by atoms with van der Waals surface area (Å²) in [6.45, 7) is 2.55. The third kappa shape index (κ3) is 5.12. The molecule has 136 valence electrons. The molecule has 7 heteroatoms. The highest BCUT2D eigenvalue weighted by Crippen LogP contribution is 2.20. The van der Waals surface area contributed by atoms with E-state index in [2.05, 4.69) is 21.6 Å². The lowest BCUT2D eigenvalue weighted by atomic mass is 10.1. The molecule has 0 bridgehead atoms. The van der Waals surface area contributed by atoms with Gasteiger partial charge in [-0.1, -0.05) is 29.8 Å². The first kappa shape index (κ1) is 18.1. The summed E-state index contributed by atoms with van der Waals surface area (Å²) in [7, 11) is 0. The third-order valence-corrected chi connectivity index (χ3v) is 3.74. The van der Waals surface area contributed by atoms with Gasteiger partial charge in [-0.05, 0) is 48.4 Å². The summed E-state index contributed by atoms with van der Waals surface area (Å²) in [4.78, 5) is 14.3. The van der Waals surface area contributed by atoms with E-state index < -0.39 is 4.92 Å². The molecule has 0 aliphatic carbocycles. The van der Waals surface area contributed by atoms with E-state index in [4.69, 9.17) is 4.74 Å². The number of benzene rings is 2. The van der Waals surface area contributed by atoms with Gasteiger partial charge in [-0.2, -0.15) is 5.10 Å². The van der Waals surface area contributed by atoms with Crippen molar-refractivity contribution in [2.24, 2.45) is 5.10 Å². The predicted octanol–water partition coefficient (Wildman–Crippen LogP) is 4.32. The largest absolute Gasteiger partial charge is 0.489 e. The number of aryl methyl sites for hydroxylation is 1. The second-order valence-electron chi connectivity index (χ2n) is 5.85. The first-order chi connectivity index (χ1) is 13.1. The van der Waals surface area contributed by atoms with Crippen molar-refractivity contribution in [2.45, 2.75) is 13.5 Å². The molecule has 7 nitrogen and oxygen atoms in total. The molecule has 0 saturated carbocycles. The molecular weight excluding hydrogens is 344 g/mol. The van der Waals surface area contributed by atoms with Crippen molar-refractivity contribution in [3.63, 3.8) is 0 Å². The summed E-state index contributed by atoms with van der Waals surface area (Å²) in [6, 6.07) is 18.4. The van der Waals surface area contributed by atoms with E-state index in [9.17, 15) is 10.1 Å². The molecule has 0 spiro atoms. The van der Waals surface area contributed by atoms with Crippen LogP contribution in [-0.4, -0.2) is 16.1 Å². The van der Waals surface area contributed by atoms with E-state index in [0.717, 1.165) is 16.9 Å². The van der Waals surface area contributed by atoms with Crippen LogP contribution in [0.1, 0.15) is 16.7 Å². The standard InChI is InChI=1S/C20H18N4O3/c1-15-4-2-5-17(12-15)14-27-18-9-7-16(8-10-18)13-22-23-20-19(24(25)26)6-3-11-21-20/h2-13H,14H2,1H3,(H,21,23)/b22-13-. The van der Waals surface area contributed by atoms with Gasteiger partial charge in [0, 0.05) is 12.3 Å². The Morgan fingerprint density at radius 1 is 1.19 bits per heavy atom. The summed E-state index contributed by atoms with van der Waals surface area (Å²) in [6.07, 6.45) is 3.02. The first-order valence-corrected chi connectivity index (χ1v) is 8.29. The molecule has 0 unspecified atom stereocenters. The number of nitrogens with one attached hydrogen (secondary N) is 1. The molecule has 0 radical (unpaired) electrons. The number of ether oxygens (including phenoxy) is 1. The molecule has 0 saturated heterocycles. The Kier molecular flexibility index (Phi) is 5.73. The molecule has 0 atom stereocenters. The quantitative estimate of drug-likeness (QED) is 0.384. The molecule has 1 aromatic heterocycles. The number of rotatable bonds is 7. The Hall–Kier alpha value is -3.74. The first-order valence-electron chi connectivity index (χ1n) is 8.29. The second-order valence-corrected chi connectivity index (χ2v) is 5.85. The predicted molar refractivity (Wildman–Crippen MR) is 104 cm³/mol. The van der Waals surface area contributed by atoms with Crippen LogP contribution in [0.5, 0.6) is 5.75 Å². The summed E-state index contributed by atoms with van der Waals surface area (Å²) in [5.41, 5.74) is 5.60. The third-order valence-electron chi connectivity index (χ3n) is 3.74. The Morgan fingerprint density at radius 2 is 2.00 bits per heavy atom. The zero-order valence-electron chi connectivity index (χ0n) is 14.7. The van der Waals surface area contributed by atoms with Gasteiger partial charge in [0.2, 0.25) is 5.82 Å². The van der Waals surface area contributed by atoms with Crippen molar-refractivity contribution >= 4 is 17.7 Å². The normalized spacial score (nSPS) is 10.7. The number of nitrogens with zero attached hydrogens (tertiary/aromatic N) is 3. The molecule has 27 heavy (non-hydrogen) atoms.